The Morgan fingerprint density at radius 1 is 0.691 bits per heavy atom. The van der Waals surface area contributed by atoms with Crippen LogP contribution in [0.3, 0.4) is 0 Å². The zero-order valence-corrected chi connectivity index (χ0v) is 34.1. The van der Waals surface area contributed by atoms with Crippen LogP contribution in [0.25, 0.3) is 56.5 Å². The molecule has 0 aliphatic carbocycles. The first-order valence-corrected chi connectivity index (χ1v) is 19.9. The molecule has 290 valence electrons. The van der Waals surface area contributed by atoms with Gasteiger partial charge >= 0.3 is 5.97 Å². The summed E-state index contributed by atoms with van der Waals surface area (Å²) in [5.41, 5.74) is 14.0. The number of nitrogens with zero attached hydrogens (tertiary/aromatic N) is 2. The van der Waals surface area contributed by atoms with Gasteiger partial charge in [0.25, 0.3) is 0 Å². The fraction of sp³-hybridized carbons (Fsp3) is 0.357. The van der Waals surface area contributed by atoms with E-state index in [9.17, 15) is 19.5 Å². The first kappa shape index (κ1) is 41.3. The topological polar surface area (TPSA) is 171 Å². The number of aliphatic carboxylic acids is 1. The van der Waals surface area contributed by atoms with Gasteiger partial charge in [0.05, 0.1) is 53.6 Å². The van der Waals surface area contributed by atoms with Crippen LogP contribution in [0.5, 0.6) is 0 Å². The molecule has 12 nitrogen and oxygen atoms in total. The molecule has 0 saturated heterocycles. The summed E-state index contributed by atoms with van der Waals surface area (Å²) in [7, 11) is 0. The number of aromatic amines is 2. The van der Waals surface area contributed by atoms with E-state index in [-0.39, 0.29) is 24.7 Å². The molecular weight excluding hydrogens is 811 g/mol. The highest BCUT2D eigenvalue weighted by atomic mass is 127. The minimum absolute atomic E-state index is 0.0238. The number of hydrogen-bond donors (Lipinski definition) is 5. The number of ether oxygens (including phenoxy) is 2. The maximum atomic E-state index is 13.0. The lowest BCUT2D eigenvalue weighted by Crippen LogP contribution is -2.29. The van der Waals surface area contributed by atoms with Crippen molar-refractivity contribution in [3.8, 4) is 0 Å². The zero-order valence-electron chi connectivity index (χ0n) is 31.9. The molecule has 2 aliphatic rings. The summed E-state index contributed by atoms with van der Waals surface area (Å²) < 4.78 is 11.5. The van der Waals surface area contributed by atoms with E-state index < -0.39 is 5.97 Å². The van der Waals surface area contributed by atoms with E-state index in [0.29, 0.717) is 68.2 Å². The molecule has 2 aliphatic heterocycles. The van der Waals surface area contributed by atoms with Crippen LogP contribution >= 0.6 is 22.6 Å². The third-order valence-electron chi connectivity index (χ3n) is 9.86. The lowest BCUT2D eigenvalue weighted by molar-refractivity contribution is -0.136. The Hall–Kier alpha value is -4.86. The molecule has 0 fully saturated rings. The second-order valence-electron chi connectivity index (χ2n) is 13.4. The number of allylic oxidation sites excluding steroid dienone is 4. The first-order valence-electron chi connectivity index (χ1n) is 18.3. The average molecular weight is 861 g/mol. The number of aromatic nitrogens is 4. The van der Waals surface area contributed by atoms with Gasteiger partial charge in [0.2, 0.25) is 11.8 Å². The normalized spacial score (nSPS) is 12.6. The molecule has 0 spiro atoms. The number of nitrogens with one attached hydrogen (secondary N) is 4. The van der Waals surface area contributed by atoms with Gasteiger partial charge in [-0.15, -0.1) is 0 Å². The summed E-state index contributed by atoms with van der Waals surface area (Å²) in [6.45, 7) is 18.6. The van der Waals surface area contributed by atoms with Gasteiger partial charge in [-0.3, -0.25) is 14.4 Å². The number of hydrogen-bond acceptors (Lipinski definition) is 7. The van der Waals surface area contributed by atoms with Crippen molar-refractivity contribution in [2.45, 2.75) is 53.4 Å². The van der Waals surface area contributed by atoms with Crippen molar-refractivity contribution in [1.82, 2.24) is 30.6 Å². The van der Waals surface area contributed by atoms with E-state index in [4.69, 9.17) is 19.4 Å². The Morgan fingerprint density at radius 3 is 1.67 bits per heavy atom. The number of halogens is 1. The number of fused-ring (bicyclic) bond motifs is 8. The summed E-state index contributed by atoms with van der Waals surface area (Å²) in [5.74, 6) is -1.02. The Morgan fingerprint density at radius 2 is 1.16 bits per heavy atom. The van der Waals surface area contributed by atoms with Crippen LogP contribution in [0.15, 0.2) is 37.4 Å². The van der Waals surface area contributed by atoms with Crippen molar-refractivity contribution in [3.05, 3.63) is 82.5 Å². The smallest absolute Gasteiger partial charge is 0.303 e. The van der Waals surface area contributed by atoms with Crippen LogP contribution in [0.2, 0.25) is 0 Å². The van der Waals surface area contributed by atoms with Gasteiger partial charge in [-0.1, -0.05) is 47.9 Å². The molecule has 0 radical (unpaired) electrons. The molecule has 2 amide bonds. The van der Waals surface area contributed by atoms with Crippen LogP contribution in [-0.2, 0) is 23.9 Å². The van der Waals surface area contributed by atoms with Crippen molar-refractivity contribution in [1.29, 1.82) is 0 Å². The Balaban J connectivity index is 1.45. The molecule has 0 unspecified atom stereocenters. The number of carboxylic acids is 1. The number of carboxylic acid groups (broad SMARTS) is 1. The molecule has 5 N–H and O–H groups in total. The van der Waals surface area contributed by atoms with Crippen molar-refractivity contribution in [3.63, 3.8) is 0 Å². The Bertz CT molecular complexity index is 2230. The van der Waals surface area contributed by atoms with E-state index >= 15 is 0 Å². The molecule has 55 heavy (non-hydrogen) atoms. The van der Waals surface area contributed by atoms with E-state index in [2.05, 4.69) is 53.7 Å². The highest BCUT2D eigenvalue weighted by Gasteiger charge is 2.23. The van der Waals surface area contributed by atoms with Gasteiger partial charge < -0.3 is 35.2 Å². The summed E-state index contributed by atoms with van der Waals surface area (Å²) in [4.78, 5) is 53.3. The molecule has 0 saturated carbocycles. The Labute approximate surface area is 334 Å². The number of rotatable bonds is 18. The number of carbonyl (C=O) groups is 3. The highest BCUT2D eigenvalue weighted by molar-refractivity contribution is 14.1. The zero-order chi connectivity index (χ0) is 39.6. The minimum atomic E-state index is -0.887. The number of amides is 2. The maximum absolute atomic E-state index is 13.0. The standard InChI is InChI=1S/C42H49IN6O6/c1-7-28-24(3)32-19-33-26(5)30(9-11-40(50)44-13-15-54-17-18-55-16-14-45-41(51)23-43)38(48-33)22-39-31(10-12-42(52)53)27(6)35(49-39)21-37-29(8-2)25(4)34(47-37)20-36(28)46-32/h7-8,19-22,46-47H,1-2,9-18,23H2,3-6H3,(H,44,50)(H,45,51)(H,52,53). The summed E-state index contributed by atoms with van der Waals surface area (Å²) in [6.07, 6.45) is 4.61. The van der Waals surface area contributed by atoms with E-state index in [1.165, 1.54) is 0 Å². The van der Waals surface area contributed by atoms with E-state index in [1.807, 2.05) is 66.8 Å². The van der Waals surface area contributed by atoms with E-state index in [1.54, 1.807) is 0 Å². The fourth-order valence-electron chi connectivity index (χ4n) is 6.76. The van der Waals surface area contributed by atoms with Crippen LogP contribution < -0.4 is 10.6 Å². The summed E-state index contributed by atoms with van der Waals surface area (Å²) in [5, 5.41) is 15.3. The van der Waals surface area contributed by atoms with Crippen molar-refractivity contribution in [2.75, 3.05) is 43.9 Å². The fourth-order valence-corrected chi connectivity index (χ4v) is 7.03. The van der Waals surface area contributed by atoms with Crippen LogP contribution in [-0.4, -0.2) is 86.8 Å². The molecular formula is C42H49IN6O6. The molecule has 0 aromatic carbocycles. The molecule has 3 aromatic rings. The lowest BCUT2D eigenvalue weighted by atomic mass is 9.98. The summed E-state index contributed by atoms with van der Waals surface area (Å²) in [6, 6.07) is 8.02. The van der Waals surface area contributed by atoms with Crippen LogP contribution in [0, 0.1) is 13.8 Å². The van der Waals surface area contributed by atoms with Gasteiger partial charge in [-0.25, -0.2) is 9.97 Å². The number of H-pyrrole nitrogens is 2. The third kappa shape index (κ3) is 10.1. The highest BCUT2D eigenvalue weighted by Crippen LogP contribution is 2.38. The second-order valence-corrected chi connectivity index (χ2v) is 14.2. The van der Waals surface area contributed by atoms with Crippen molar-refractivity contribution >= 4 is 96.9 Å². The minimum Gasteiger partial charge on any atom is -0.481 e. The lowest BCUT2D eigenvalue weighted by Gasteiger charge is -2.09. The van der Waals surface area contributed by atoms with Crippen molar-refractivity contribution in [2.24, 2.45) is 0 Å². The van der Waals surface area contributed by atoms with Crippen LogP contribution in [0.4, 0.5) is 0 Å². The second kappa shape index (κ2) is 19.1. The quantitative estimate of drug-likeness (QED) is 0.0500. The third-order valence-corrected chi connectivity index (χ3v) is 10.6. The molecule has 5 heterocycles. The van der Waals surface area contributed by atoms with Crippen molar-refractivity contribution < 1.29 is 29.0 Å². The Kier molecular flexibility index (Phi) is 14.4. The van der Waals surface area contributed by atoms with Crippen LogP contribution in [0.1, 0.15) is 84.6 Å². The monoisotopic (exact) mass is 860 g/mol. The SMILES string of the molecule is C=Cc1c(C)c2cc3[nH]c(cc4nc(cc5nc(cc1[nH]2)C(C)=C5CCC(=O)O)C(CCC(=O)NCCOCCOCCNC(=O)CI)=C4C)c(C)c3C=C. The molecule has 8 bridgehead atoms. The number of carbonyl (C=O) groups excluding carboxylic acids is 2. The predicted molar refractivity (Wildman–Crippen MR) is 228 cm³/mol. The van der Waals surface area contributed by atoms with E-state index in [0.717, 1.165) is 78.0 Å². The first-order chi connectivity index (χ1) is 26.4. The van der Waals surface area contributed by atoms with Gasteiger partial charge in [0.15, 0.2) is 0 Å². The van der Waals surface area contributed by atoms with Gasteiger partial charge in [0.1, 0.15) is 0 Å². The largest absolute Gasteiger partial charge is 0.481 e. The average Bonchev–Trinajstić information content (AvgIpc) is 3.82. The molecule has 3 aromatic heterocycles. The summed E-state index contributed by atoms with van der Waals surface area (Å²) >= 11 is 2.01. The molecule has 13 heteroatoms. The molecule has 0 atom stereocenters. The van der Waals surface area contributed by atoms with Gasteiger partial charge in [0, 0.05) is 59.1 Å². The number of aryl methyl sites for hydroxylation is 2. The van der Waals surface area contributed by atoms with Gasteiger partial charge in [-0.2, -0.15) is 0 Å². The predicted octanol–water partition coefficient (Wildman–Crippen LogP) is 7.42. The molecule has 5 rings (SSSR count). The van der Waals surface area contributed by atoms with Gasteiger partial charge in [-0.05, 0) is 98.2 Å². The number of alkyl halides is 1. The maximum Gasteiger partial charge on any atom is 0.303 e.